The summed E-state index contributed by atoms with van der Waals surface area (Å²) >= 11 is 0. The van der Waals surface area contributed by atoms with Crippen molar-refractivity contribution in [3.8, 4) is 5.75 Å². The Kier molecular flexibility index (Phi) is 5.47. The van der Waals surface area contributed by atoms with Crippen LogP contribution in [0, 0.1) is 5.82 Å². The van der Waals surface area contributed by atoms with Gasteiger partial charge in [0.25, 0.3) is 0 Å². The van der Waals surface area contributed by atoms with Crippen molar-refractivity contribution in [1.29, 1.82) is 0 Å². The minimum Gasteiger partial charge on any atom is -0.496 e. The topological polar surface area (TPSA) is 38.3 Å². The molecule has 0 heterocycles. The number of rotatable bonds is 6. The predicted molar refractivity (Wildman–Crippen MR) is 82.5 cm³/mol. The number of nitrogens with one attached hydrogen (secondary N) is 1. The third kappa shape index (κ3) is 3.68. The van der Waals surface area contributed by atoms with E-state index in [-0.39, 0.29) is 16.7 Å². The van der Waals surface area contributed by atoms with Crippen LogP contribution in [0.5, 0.6) is 5.75 Å². The first kappa shape index (κ1) is 15.7. The van der Waals surface area contributed by atoms with Crippen molar-refractivity contribution in [2.45, 2.75) is 10.9 Å². The molecule has 0 radical (unpaired) electrons. The smallest absolute Gasteiger partial charge is 0.139 e. The molecule has 2 atom stereocenters. The fraction of sp³-hybridized carbons (Fsp3) is 0.250. The van der Waals surface area contributed by atoms with E-state index in [1.807, 2.05) is 24.3 Å². The van der Waals surface area contributed by atoms with Gasteiger partial charge < -0.3 is 10.1 Å². The van der Waals surface area contributed by atoms with Gasteiger partial charge in [-0.3, -0.25) is 4.21 Å². The van der Waals surface area contributed by atoms with Crippen molar-refractivity contribution in [1.82, 2.24) is 5.32 Å². The number of ether oxygens (including phenoxy) is 1. The molecule has 0 aromatic heterocycles. The molecule has 2 unspecified atom stereocenters. The Morgan fingerprint density at radius 1 is 1.19 bits per heavy atom. The normalized spacial score (nSPS) is 13.7. The standard InChI is InChI=1S/C16H18FNO2S/c1-18-14(12-7-3-5-9-15(12)20-2)11-21(19)16-10-6-4-8-13(16)17/h3-10,14,18H,11H2,1-2H3. The van der Waals surface area contributed by atoms with E-state index >= 15 is 0 Å². The second kappa shape index (κ2) is 7.33. The number of methoxy groups -OCH3 is 1. The quantitative estimate of drug-likeness (QED) is 0.892. The fourth-order valence-corrected chi connectivity index (χ4v) is 3.50. The molecule has 0 amide bonds. The summed E-state index contributed by atoms with van der Waals surface area (Å²) in [5.41, 5.74) is 0.909. The van der Waals surface area contributed by atoms with E-state index in [2.05, 4.69) is 5.32 Å². The molecule has 5 heteroatoms. The van der Waals surface area contributed by atoms with Gasteiger partial charge >= 0.3 is 0 Å². The summed E-state index contributed by atoms with van der Waals surface area (Å²) in [4.78, 5) is 0.229. The molecule has 0 aliphatic heterocycles. The van der Waals surface area contributed by atoms with Gasteiger partial charge in [0.05, 0.1) is 22.8 Å². The summed E-state index contributed by atoms with van der Waals surface area (Å²) in [5, 5.41) is 3.12. The lowest BCUT2D eigenvalue weighted by atomic mass is 10.1. The van der Waals surface area contributed by atoms with Gasteiger partial charge in [0, 0.05) is 17.4 Å². The Morgan fingerprint density at radius 2 is 1.86 bits per heavy atom. The average Bonchev–Trinajstić information content (AvgIpc) is 2.52. The molecule has 3 nitrogen and oxygen atoms in total. The van der Waals surface area contributed by atoms with E-state index in [4.69, 9.17) is 4.74 Å². The molecule has 21 heavy (non-hydrogen) atoms. The van der Waals surface area contributed by atoms with Gasteiger partial charge in [-0.05, 0) is 25.2 Å². The van der Waals surface area contributed by atoms with E-state index in [9.17, 15) is 8.60 Å². The minimum absolute atomic E-state index is 0.179. The maximum Gasteiger partial charge on any atom is 0.139 e. The Morgan fingerprint density at radius 3 is 2.52 bits per heavy atom. The van der Waals surface area contributed by atoms with Crippen LogP contribution < -0.4 is 10.1 Å². The Labute approximate surface area is 126 Å². The molecule has 0 bridgehead atoms. The van der Waals surface area contributed by atoms with Crippen LogP contribution in [-0.2, 0) is 10.8 Å². The molecule has 0 saturated heterocycles. The van der Waals surface area contributed by atoms with E-state index in [0.29, 0.717) is 0 Å². The fourth-order valence-electron chi connectivity index (χ4n) is 2.15. The number of hydrogen-bond acceptors (Lipinski definition) is 3. The summed E-state index contributed by atoms with van der Waals surface area (Å²) in [7, 11) is 1.96. The highest BCUT2D eigenvalue weighted by atomic mass is 32.2. The SMILES string of the molecule is CNC(CS(=O)c1ccccc1F)c1ccccc1OC. The molecular formula is C16H18FNO2S. The van der Waals surface area contributed by atoms with Crippen molar-refractivity contribution < 1.29 is 13.3 Å². The van der Waals surface area contributed by atoms with Gasteiger partial charge in [-0.15, -0.1) is 0 Å². The molecule has 0 aliphatic rings. The maximum atomic E-state index is 13.7. The van der Waals surface area contributed by atoms with Gasteiger partial charge in [0.1, 0.15) is 11.6 Å². The highest BCUT2D eigenvalue weighted by molar-refractivity contribution is 7.85. The number of benzene rings is 2. The maximum absolute atomic E-state index is 13.7. The third-order valence-electron chi connectivity index (χ3n) is 3.26. The monoisotopic (exact) mass is 307 g/mol. The van der Waals surface area contributed by atoms with Gasteiger partial charge in [-0.1, -0.05) is 30.3 Å². The van der Waals surface area contributed by atoms with Gasteiger partial charge in [-0.25, -0.2) is 4.39 Å². The molecule has 112 valence electrons. The van der Waals surface area contributed by atoms with Gasteiger partial charge in [0.15, 0.2) is 0 Å². The van der Waals surface area contributed by atoms with Crippen LogP contribution in [0.1, 0.15) is 11.6 Å². The first-order valence-electron chi connectivity index (χ1n) is 6.60. The lowest BCUT2D eigenvalue weighted by molar-refractivity contribution is 0.404. The average molecular weight is 307 g/mol. The zero-order valence-corrected chi connectivity index (χ0v) is 12.8. The van der Waals surface area contributed by atoms with Crippen molar-refractivity contribution in [2.24, 2.45) is 0 Å². The van der Waals surface area contributed by atoms with Crippen LogP contribution in [0.2, 0.25) is 0 Å². The van der Waals surface area contributed by atoms with Crippen molar-refractivity contribution >= 4 is 10.8 Å². The molecule has 0 aliphatic carbocycles. The lowest BCUT2D eigenvalue weighted by Gasteiger charge is -2.19. The zero-order chi connectivity index (χ0) is 15.2. The lowest BCUT2D eigenvalue weighted by Crippen LogP contribution is -2.23. The Hall–Kier alpha value is -1.72. The second-order valence-electron chi connectivity index (χ2n) is 4.53. The first-order chi connectivity index (χ1) is 10.2. The summed E-state index contributed by atoms with van der Waals surface area (Å²) in [6.45, 7) is 0. The molecule has 2 aromatic rings. The molecule has 2 rings (SSSR count). The molecule has 1 N–H and O–H groups in total. The number of halogens is 1. The highest BCUT2D eigenvalue weighted by Crippen LogP contribution is 2.26. The largest absolute Gasteiger partial charge is 0.496 e. The van der Waals surface area contributed by atoms with E-state index in [1.54, 1.807) is 32.4 Å². The summed E-state index contributed by atoms with van der Waals surface area (Å²) in [6.07, 6.45) is 0. The Balaban J connectivity index is 2.23. The molecule has 2 aromatic carbocycles. The van der Waals surface area contributed by atoms with Crippen molar-refractivity contribution in [3.05, 3.63) is 59.9 Å². The van der Waals surface area contributed by atoms with Crippen LogP contribution >= 0.6 is 0 Å². The van der Waals surface area contributed by atoms with Crippen LogP contribution in [0.3, 0.4) is 0 Å². The highest BCUT2D eigenvalue weighted by Gasteiger charge is 2.19. The summed E-state index contributed by atoms with van der Waals surface area (Å²) in [6, 6.07) is 13.5. The molecule has 0 saturated carbocycles. The van der Waals surface area contributed by atoms with Gasteiger partial charge in [-0.2, -0.15) is 0 Å². The van der Waals surface area contributed by atoms with Gasteiger partial charge in [0.2, 0.25) is 0 Å². The van der Waals surface area contributed by atoms with Crippen LogP contribution in [0.25, 0.3) is 0 Å². The second-order valence-corrected chi connectivity index (χ2v) is 5.99. The molecule has 0 fully saturated rings. The summed E-state index contributed by atoms with van der Waals surface area (Å²) in [5.74, 6) is 0.561. The predicted octanol–water partition coefficient (Wildman–Crippen LogP) is 2.90. The van der Waals surface area contributed by atoms with Crippen LogP contribution in [0.15, 0.2) is 53.4 Å². The summed E-state index contributed by atoms with van der Waals surface area (Å²) < 4.78 is 31.4. The van der Waals surface area contributed by atoms with E-state index in [1.165, 1.54) is 6.07 Å². The zero-order valence-electron chi connectivity index (χ0n) is 12.0. The Bertz CT molecular complexity index is 633. The number of hydrogen-bond donors (Lipinski definition) is 1. The third-order valence-corrected chi connectivity index (χ3v) is 4.72. The van der Waals surface area contributed by atoms with E-state index < -0.39 is 16.6 Å². The number of para-hydroxylation sites is 1. The van der Waals surface area contributed by atoms with Crippen molar-refractivity contribution in [2.75, 3.05) is 19.9 Å². The minimum atomic E-state index is -1.43. The molecule has 0 spiro atoms. The van der Waals surface area contributed by atoms with Crippen molar-refractivity contribution in [3.63, 3.8) is 0 Å². The van der Waals surface area contributed by atoms with Crippen LogP contribution in [0.4, 0.5) is 4.39 Å². The molecular weight excluding hydrogens is 289 g/mol. The first-order valence-corrected chi connectivity index (χ1v) is 7.92. The van der Waals surface area contributed by atoms with Crippen LogP contribution in [-0.4, -0.2) is 24.1 Å². The van der Waals surface area contributed by atoms with E-state index in [0.717, 1.165) is 11.3 Å².